The molecule has 2 atom stereocenters. The lowest BCUT2D eigenvalue weighted by atomic mass is 9.28. The maximum absolute atomic E-state index is 12.5. The van der Waals surface area contributed by atoms with Gasteiger partial charge < -0.3 is 10.2 Å². The Morgan fingerprint density at radius 3 is 1.79 bits per heavy atom. The number of benzene rings is 1. The number of rotatable bonds is 4. The van der Waals surface area contributed by atoms with Gasteiger partial charge in [-0.3, -0.25) is 0 Å². The Bertz CT molecular complexity index is 1060. The van der Waals surface area contributed by atoms with Crippen molar-refractivity contribution in [2.75, 3.05) is 0 Å². The topological polar surface area (TPSA) is 74.6 Å². The van der Waals surface area contributed by atoms with Gasteiger partial charge in [0.25, 0.3) is 0 Å². The van der Waals surface area contributed by atoms with E-state index in [1.165, 1.54) is 63.9 Å². The van der Waals surface area contributed by atoms with Crippen LogP contribution in [0.3, 0.4) is 0 Å². The maximum Gasteiger partial charge on any atom is 0.336 e. The fraction of sp³-hybridized carbons (Fsp3) is 0.733. The number of hydrogen-bond acceptors (Lipinski definition) is 2. The van der Waals surface area contributed by atoms with Gasteiger partial charge in [-0.2, -0.15) is 0 Å². The van der Waals surface area contributed by atoms with Crippen molar-refractivity contribution in [3.05, 3.63) is 34.9 Å². The van der Waals surface area contributed by atoms with Crippen LogP contribution in [0.25, 0.3) is 0 Å². The van der Waals surface area contributed by atoms with E-state index in [0.29, 0.717) is 5.41 Å². The standard InChI is InChI=1S/C30H38O4/c1-26-12-27(2)14-28(13-26,22-5-3-4-21(24(31)32)23(22)25(33)34)17-30(15-26,16-27)29-9-18-6-19(10-29)8-20(7-18)11-29/h3-5,18-20H,6-17H2,1-2H3,(H,31,32)(H,33,34). The summed E-state index contributed by atoms with van der Waals surface area (Å²) in [6.07, 6.45) is 15.4. The quantitative estimate of drug-likeness (QED) is 0.509. The Morgan fingerprint density at radius 2 is 1.29 bits per heavy atom. The van der Waals surface area contributed by atoms with E-state index in [2.05, 4.69) is 13.8 Å². The Morgan fingerprint density at radius 1 is 0.735 bits per heavy atom. The van der Waals surface area contributed by atoms with Crippen LogP contribution in [-0.2, 0) is 5.41 Å². The van der Waals surface area contributed by atoms with Crippen LogP contribution in [0.15, 0.2) is 18.2 Å². The summed E-state index contributed by atoms with van der Waals surface area (Å²) in [6, 6.07) is 5.25. The fourth-order valence-corrected chi connectivity index (χ4v) is 12.7. The maximum atomic E-state index is 12.5. The van der Waals surface area contributed by atoms with Crippen molar-refractivity contribution in [3.63, 3.8) is 0 Å². The van der Waals surface area contributed by atoms with E-state index in [4.69, 9.17) is 0 Å². The van der Waals surface area contributed by atoms with Crippen molar-refractivity contribution < 1.29 is 19.8 Å². The number of carbonyl (C=O) groups is 2. The molecule has 4 heteroatoms. The third-order valence-electron chi connectivity index (χ3n) is 11.8. The molecule has 9 rings (SSSR count). The minimum Gasteiger partial charge on any atom is -0.478 e. The molecule has 0 saturated heterocycles. The first kappa shape index (κ1) is 21.4. The van der Waals surface area contributed by atoms with Gasteiger partial charge in [-0.15, -0.1) is 0 Å². The third-order valence-corrected chi connectivity index (χ3v) is 11.8. The molecule has 34 heavy (non-hydrogen) atoms. The summed E-state index contributed by atoms with van der Waals surface area (Å²) < 4.78 is 0. The molecule has 8 saturated carbocycles. The molecule has 2 unspecified atom stereocenters. The molecular formula is C30H38O4. The first-order valence-corrected chi connectivity index (χ1v) is 13.6. The van der Waals surface area contributed by atoms with Gasteiger partial charge in [0, 0.05) is 0 Å². The molecule has 1 aromatic carbocycles. The van der Waals surface area contributed by atoms with Crippen molar-refractivity contribution in [1.29, 1.82) is 0 Å². The number of aromatic carboxylic acids is 2. The van der Waals surface area contributed by atoms with E-state index >= 15 is 0 Å². The predicted molar refractivity (Wildman–Crippen MR) is 129 cm³/mol. The van der Waals surface area contributed by atoms with Gasteiger partial charge in [0.15, 0.2) is 0 Å². The highest BCUT2D eigenvalue weighted by Crippen LogP contribution is 2.81. The van der Waals surface area contributed by atoms with E-state index in [1.807, 2.05) is 6.07 Å². The lowest BCUT2D eigenvalue weighted by Crippen LogP contribution is -2.68. The lowest BCUT2D eigenvalue weighted by molar-refractivity contribution is -0.246. The van der Waals surface area contributed by atoms with Gasteiger partial charge in [0.05, 0.1) is 11.1 Å². The second kappa shape index (κ2) is 6.28. The van der Waals surface area contributed by atoms with Gasteiger partial charge in [-0.05, 0) is 134 Å². The molecule has 0 aromatic heterocycles. The summed E-state index contributed by atoms with van der Waals surface area (Å²) in [5.74, 6) is 0.502. The second-order valence-corrected chi connectivity index (χ2v) is 14.8. The summed E-state index contributed by atoms with van der Waals surface area (Å²) in [5, 5.41) is 20.1. The smallest absolute Gasteiger partial charge is 0.336 e. The Hall–Kier alpha value is -1.84. The lowest BCUT2D eigenvalue weighted by Gasteiger charge is -2.76. The van der Waals surface area contributed by atoms with Crippen LogP contribution in [0, 0.1) is 39.4 Å². The molecule has 4 nitrogen and oxygen atoms in total. The van der Waals surface area contributed by atoms with Crippen LogP contribution >= 0.6 is 0 Å². The van der Waals surface area contributed by atoms with Crippen LogP contribution in [0.2, 0.25) is 0 Å². The van der Waals surface area contributed by atoms with Crippen molar-refractivity contribution >= 4 is 11.9 Å². The fourth-order valence-electron chi connectivity index (χ4n) is 12.7. The van der Waals surface area contributed by atoms with Gasteiger partial charge in [0.1, 0.15) is 0 Å². The normalized spacial score (nSPS) is 50.0. The summed E-state index contributed by atoms with van der Waals surface area (Å²) in [4.78, 5) is 24.6. The summed E-state index contributed by atoms with van der Waals surface area (Å²) in [7, 11) is 0. The van der Waals surface area contributed by atoms with Crippen molar-refractivity contribution in [1.82, 2.24) is 0 Å². The van der Waals surface area contributed by atoms with E-state index in [0.717, 1.165) is 42.6 Å². The molecular weight excluding hydrogens is 424 g/mol. The molecule has 2 N–H and O–H groups in total. The third kappa shape index (κ3) is 2.66. The zero-order valence-corrected chi connectivity index (χ0v) is 20.7. The first-order valence-electron chi connectivity index (χ1n) is 13.6. The van der Waals surface area contributed by atoms with Gasteiger partial charge >= 0.3 is 11.9 Å². The molecule has 8 aliphatic carbocycles. The number of carboxylic acids is 2. The van der Waals surface area contributed by atoms with Crippen molar-refractivity contribution in [3.8, 4) is 0 Å². The summed E-state index contributed by atoms with van der Waals surface area (Å²) >= 11 is 0. The van der Waals surface area contributed by atoms with E-state index in [9.17, 15) is 19.8 Å². The highest BCUT2D eigenvalue weighted by atomic mass is 16.4. The SMILES string of the molecule is CC12CC3(C)CC(c4cccc(C(=O)O)c4C(=O)O)(C1)CC(C14CC5CC(CC(C5)C1)C4)(C2)C3. The predicted octanol–water partition coefficient (Wildman–Crippen LogP) is 6.92. The molecule has 8 fully saturated rings. The minimum absolute atomic E-state index is 0.0418. The second-order valence-electron chi connectivity index (χ2n) is 14.8. The summed E-state index contributed by atoms with van der Waals surface area (Å²) in [6.45, 7) is 4.96. The van der Waals surface area contributed by atoms with Crippen LogP contribution < -0.4 is 0 Å². The minimum atomic E-state index is -1.13. The van der Waals surface area contributed by atoms with Gasteiger partial charge in [-0.1, -0.05) is 26.0 Å². The zero-order valence-electron chi connectivity index (χ0n) is 20.7. The van der Waals surface area contributed by atoms with Crippen LogP contribution in [0.5, 0.6) is 0 Å². The average Bonchev–Trinajstić information content (AvgIpc) is 2.69. The number of carboxylic acid groups (broad SMARTS) is 2. The molecule has 0 spiro atoms. The van der Waals surface area contributed by atoms with Gasteiger partial charge in [-0.25, -0.2) is 9.59 Å². The van der Waals surface area contributed by atoms with Crippen LogP contribution in [-0.4, -0.2) is 22.2 Å². The zero-order chi connectivity index (χ0) is 23.7. The molecule has 0 amide bonds. The molecule has 8 bridgehead atoms. The largest absolute Gasteiger partial charge is 0.478 e. The Kier molecular flexibility index (Phi) is 3.96. The Labute approximate surface area is 202 Å². The van der Waals surface area contributed by atoms with Crippen LogP contribution in [0.4, 0.5) is 0 Å². The van der Waals surface area contributed by atoms with Crippen molar-refractivity contribution in [2.45, 2.75) is 96.3 Å². The van der Waals surface area contributed by atoms with E-state index < -0.39 is 11.9 Å². The highest BCUT2D eigenvalue weighted by Gasteiger charge is 2.72. The molecule has 0 aliphatic heterocycles. The molecule has 182 valence electrons. The molecule has 0 radical (unpaired) electrons. The average molecular weight is 463 g/mol. The summed E-state index contributed by atoms with van der Waals surface area (Å²) in [5.41, 5.74) is 1.74. The molecule has 8 aliphatic rings. The molecule has 1 aromatic rings. The van der Waals surface area contributed by atoms with E-state index in [-0.39, 0.29) is 32.8 Å². The number of hydrogen-bond donors (Lipinski definition) is 2. The first-order chi connectivity index (χ1) is 16.0. The molecule has 0 heterocycles. The Balaban J connectivity index is 1.42. The highest BCUT2D eigenvalue weighted by molar-refractivity contribution is 6.03. The monoisotopic (exact) mass is 462 g/mol. The van der Waals surface area contributed by atoms with Crippen molar-refractivity contribution in [2.24, 2.45) is 39.4 Å². The van der Waals surface area contributed by atoms with Gasteiger partial charge in [0.2, 0.25) is 0 Å². The van der Waals surface area contributed by atoms with E-state index in [1.54, 1.807) is 6.07 Å². The van der Waals surface area contributed by atoms with Crippen LogP contribution in [0.1, 0.15) is 117 Å².